The molecule has 1 saturated heterocycles. The van der Waals surface area contributed by atoms with E-state index in [-0.39, 0.29) is 30.6 Å². The van der Waals surface area contributed by atoms with Gasteiger partial charge < -0.3 is 24.4 Å². The molecule has 190 valence electrons. The van der Waals surface area contributed by atoms with Crippen molar-refractivity contribution in [2.45, 2.75) is 31.8 Å². The quantitative estimate of drug-likeness (QED) is 0.501. The third-order valence-corrected chi connectivity index (χ3v) is 6.27. The molecule has 2 aliphatic rings. The summed E-state index contributed by atoms with van der Waals surface area (Å²) in [5.41, 5.74) is 2.81. The minimum atomic E-state index is -0.313. The molecule has 0 aliphatic carbocycles. The number of ether oxygens (including phenoxy) is 3. The molecule has 0 amide bonds. The van der Waals surface area contributed by atoms with Crippen LogP contribution in [0.1, 0.15) is 24.1 Å². The van der Waals surface area contributed by atoms with E-state index in [1.54, 1.807) is 19.4 Å². The summed E-state index contributed by atoms with van der Waals surface area (Å²) in [7, 11) is 1.56. The van der Waals surface area contributed by atoms with Crippen molar-refractivity contribution in [1.29, 1.82) is 0 Å². The second-order valence-electron chi connectivity index (χ2n) is 8.37. The summed E-state index contributed by atoms with van der Waals surface area (Å²) >= 11 is 0. The Balaban J connectivity index is 0.00000171. The number of hydrogen-bond donors (Lipinski definition) is 1. The van der Waals surface area contributed by atoms with Gasteiger partial charge in [-0.05, 0) is 38.4 Å². The molecule has 5 heterocycles. The molecule has 5 rings (SSSR count). The summed E-state index contributed by atoms with van der Waals surface area (Å²) in [4.78, 5) is 15.4. The first-order chi connectivity index (χ1) is 16.2. The van der Waals surface area contributed by atoms with E-state index in [1.807, 2.05) is 12.1 Å². The molecule has 0 spiro atoms. The summed E-state index contributed by atoms with van der Waals surface area (Å²) in [6, 6.07) is 5.95. The molecule has 0 bridgehead atoms. The molecule has 0 unspecified atom stereocenters. The van der Waals surface area contributed by atoms with Crippen molar-refractivity contribution >= 4 is 35.8 Å². The van der Waals surface area contributed by atoms with Gasteiger partial charge in [0.1, 0.15) is 19.0 Å². The van der Waals surface area contributed by atoms with Gasteiger partial charge >= 0.3 is 0 Å². The van der Waals surface area contributed by atoms with E-state index < -0.39 is 0 Å². The molecule has 3 aromatic rings. The number of nitrogens with one attached hydrogen (secondary N) is 1. The van der Waals surface area contributed by atoms with Crippen LogP contribution in [-0.2, 0) is 13.0 Å². The zero-order valence-electron chi connectivity index (χ0n) is 19.5. The van der Waals surface area contributed by atoms with Crippen molar-refractivity contribution in [3.8, 4) is 17.4 Å². The second-order valence-corrected chi connectivity index (χ2v) is 8.37. The zero-order valence-corrected chi connectivity index (χ0v) is 21.2. The standard InChI is InChI=1S/C24H28FN5O3.2ClH/c1-31-23-3-2-20-24(29-23)18(19(25)14-28-20)6-9-30-7-4-16(5-8-30)26-13-17-12-21-22(15-27-17)33-11-10-32-21;;/h2-3,12,14-16,26H,4-11,13H2,1H3;2*1H. The van der Waals surface area contributed by atoms with E-state index in [4.69, 9.17) is 14.2 Å². The predicted octanol–water partition coefficient (Wildman–Crippen LogP) is 3.58. The maximum Gasteiger partial charge on any atom is 0.213 e. The minimum Gasteiger partial charge on any atom is -0.486 e. The molecule has 0 radical (unpaired) electrons. The lowest BCUT2D eigenvalue weighted by Crippen LogP contribution is -2.43. The Morgan fingerprint density at radius 2 is 1.86 bits per heavy atom. The number of likely N-dealkylation sites (tertiary alicyclic amines) is 1. The van der Waals surface area contributed by atoms with Crippen molar-refractivity contribution in [3.05, 3.63) is 47.7 Å². The third-order valence-electron chi connectivity index (χ3n) is 6.27. The fraction of sp³-hybridized carbons (Fsp3) is 0.458. The Bertz CT molecular complexity index is 1130. The number of hydrogen-bond acceptors (Lipinski definition) is 8. The van der Waals surface area contributed by atoms with Gasteiger partial charge in [-0.3, -0.25) is 9.97 Å². The number of fused-ring (bicyclic) bond motifs is 2. The Morgan fingerprint density at radius 3 is 2.63 bits per heavy atom. The van der Waals surface area contributed by atoms with E-state index in [0.29, 0.717) is 60.4 Å². The molecule has 2 aliphatic heterocycles. The van der Waals surface area contributed by atoms with Crippen LogP contribution in [-0.4, -0.2) is 65.9 Å². The van der Waals surface area contributed by atoms with Crippen molar-refractivity contribution < 1.29 is 18.6 Å². The predicted molar refractivity (Wildman–Crippen MR) is 136 cm³/mol. The molecule has 0 saturated carbocycles. The molecule has 35 heavy (non-hydrogen) atoms. The third kappa shape index (κ3) is 6.41. The normalized spacial score (nSPS) is 15.8. The monoisotopic (exact) mass is 525 g/mol. The van der Waals surface area contributed by atoms with Gasteiger partial charge in [0.05, 0.1) is 36.2 Å². The summed E-state index contributed by atoms with van der Waals surface area (Å²) in [5.74, 6) is 1.64. The van der Waals surface area contributed by atoms with Crippen molar-refractivity contribution in [2.75, 3.05) is 40.0 Å². The molecule has 1 N–H and O–H groups in total. The molecule has 0 aromatic carbocycles. The van der Waals surface area contributed by atoms with Crippen molar-refractivity contribution in [2.24, 2.45) is 0 Å². The zero-order chi connectivity index (χ0) is 22.6. The average molecular weight is 526 g/mol. The maximum absolute atomic E-state index is 14.5. The first-order valence-corrected chi connectivity index (χ1v) is 11.4. The fourth-order valence-electron chi connectivity index (χ4n) is 4.39. The Labute approximate surface area is 216 Å². The number of halogens is 3. The van der Waals surface area contributed by atoms with Gasteiger partial charge in [-0.2, -0.15) is 0 Å². The largest absolute Gasteiger partial charge is 0.486 e. The number of methoxy groups -OCH3 is 1. The van der Waals surface area contributed by atoms with Crippen LogP contribution in [0.2, 0.25) is 0 Å². The maximum atomic E-state index is 14.5. The number of rotatable bonds is 7. The first kappa shape index (κ1) is 27.1. The number of pyridine rings is 3. The van der Waals surface area contributed by atoms with Gasteiger partial charge in [0.2, 0.25) is 5.88 Å². The highest BCUT2D eigenvalue weighted by Crippen LogP contribution is 2.29. The highest BCUT2D eigenvalue weighted by Gasteiger charge is 2.21. The first-order valence-electron chi connectivity index (χ1n) is 11.4. The number of aromatic nitrogens is 3. The Kier molecular flexibility index (Phi) is 9.68. The van der Waals surface area contributed by atoms with E-state index in [9.17, 15) is 4.39 Å². The van der Waals surface area contributed by atoms with Gasteiger partial charge in [-0.25, -0.2) is 9.37 Å². The summed E-state index contributed by atoms with van der Waals surface area (Å²) < 4.78 is 30.9. The summed E-state index contributed by atoms with van der Waals surface area (Å²) in [6.45, 7) is 4.56. The van der Waals surface area contributed by atoms with E-state index in [2.05, 4.69) is 25.2 Å². The summed E-state index contributed by atoms with van der Waals surface area (Å²) in [5, 5.41) is 3.61. The average Bonchev–Trinajstić information content (AvgIpc) is 2.87. The minimum absolute atomic E-state index is 0. The van der Waals surface area contributed by atoms with Gasteiger partial charge in [-0.1, -0.05) is 0 Å². The number of piperidine rings is 1. The lowest BCUT2D eigenvalue weighted by molar-refractivity contribution is 0.170. The van der Waals surface area contributed by atoms with Crippen molar-refractivity contribution in [1.82, 2.24) is 25.2 Å². The van der Waals surface area contributed by atoms with E-state index >= 15 is 0 Å². The lowest BCUT2D eigenvalue weighted by atomic mass is 10.0. The molecule has 8 nitrogen and oxygen atoms in total. The van der Waals surface area contributed by atoms with Crippen LogP contribution in [0.3, 0.4) is 0 Å². The van der Waals surface area contributed by atoms with Gasteiger partial charge in [0, 0.05) is 36.8 Å². The van der Waals surface area contributed by atoms with Crippen LogP contribution in [0.25, 0.3) is 11.0 Å². The van der Waals surface area contributed by atoms with Crippen LogP contribution in [0.4, 0.5) is 4.39 Å². The second kappa shape index (κ2) is 12.5. The molecule has 11 heteroatoms. The molecular weight excluding hydrogens is 496 g/mol. The smallest absolute Gasteiger partial charge is 0.213 e. The fourth-order valence-corrected chi connectivity index (χ4v) is 4.39. The van der Waals surface area contributed by atoms with Crippen LogP contribution in [0.15, 0.2) is 30.6 Å². The molecule has 0 atom stereocenters. The van der Waals surface area contributed by atoms with Gasteiger partial charge in [0.25, 0.3) is 0 Å². The topological polar surface area (TPSA) is 81.6 Å². The van der Waals surface area contributed by atoms with Gasteiger partial charge in [0.15, 0.2) is 11.5 Å². The Hall–Kier alpha value is -2.46. The van der Waals surface area contributed by atoms with E-state index in [1.165, 1.54) is 6.20 Å². The highest BCUT2D eigenvalue weighted by atomic mass is 35.5. The SMILES string of the molecule is COc1ccc2ncc(F)c(CCN3CCC(NCc4cc5c(cn4)OCCO5)CC3)c2n1.Cl.Cl. The molecule has 1 fully saturated rings. The van der Waals surface area contributed by atoms with Crippen molar-refractivity contribution in [3.63, 3.8) is 0 Å². The lowest BCUT2D eigenvalue weighted by Gasteiger charge is -2.32. The molecule has 3 aromatic heterocycles. The summed E-state index contributed by atoms with van der Waals surface area (Å²) in [6.07, 6.45) is 5.69. The van der Waals surface area contributed by atoms with Crippen LogP contribution >= 0.6 is 24.8 Å². The van der Waals surface area contributed by atoms with E-state index in [0.717, 1.165) is 43.9 Å². The molecular formula is C24H30Cl2FN5O3. The highest BCUT2D eigenvalue weighted by molar-refractivity contribution is 5.85. The van der Waals surface area contributed by atoms with Crippen LogP contribution < -0.4 is 19.5 Å². The van der Waals surface area contributed by atoms with Crippen LogP contribution in [0.5, 0.6) is 17.4 Å². The number of nitrogens with zero attached hydrogens (tertiary/aromatic N) is 4. The van der Waals surface area contributed by atoms with Gasteiger partial charge in [-0.15, -0.1) is 24.8 Å². The van der Waals surface area contributed by atoms with Crippen LogP contribution in [0, 0.1) is 5.82 Å². The Morgan fingerprint density at radius 1 is 1.09 bits per heavy atom.